The molecular weight excluding hydrogens is 244 g/mol. The van der Waals surface area contributed by atoms with Crippen LogP contribution in [0.5, 0.6) is 0 Å². The van der Waals surface area contributed by atoms with Crippen molar-refractivity contribution in [3.8, 4) is 0 Å². The zero-order valence-corrected chi connectivity index (χ0v) is 11.8. The normalized spacial score (nSPS) is 13.2. The molecule has 0 saturated heterocycles. The van der Waals surface area contributed by atoms with Crippen molar-refractivity contribution in [2.24, 2.45) is 0 Å². The van der Waals surface area contributed by atoms with Crippen molar-refractivity contribution in [1.29, 1.82) is 0 Å². The molecule has 0 saturated carbocycles. The Kier molecular flexibility index (Phi) is 5.99. The fourth-order valence-electron chi connectivity index (χ4n) is 1.56. The fourth-order valence-corrected chi connectivity index (χ4v) is 1.56. The molecule has 1 aromatic rings. The van der Waals surface area contributed by atoms with Gasteiger partial charge >= 0.3 is 5.97 Å². The second kappa shape index (κ2) is 7.26. The summed E-state index contributed by atoms with van der Waals surface area (Å²) in [7, 11) is 0. The van der Waals surface area contributed by atoms with Crippen molar-refractivity contribution in [2.75, 3.05) is 0 Å². The van der Waals surface area contributed by atoms with Gasteiger partial charge in [0.1, 0.15) is 6.10 Å². The minimum atomic E-state index is -0.879. The predicted molar refractivity (Wildman–Crippen MR) is 72.7 cm³/mol. The van der Waals surface area contributed by atoms with Crippen LogP contribution in [0.25, 0.3) is 0 Å². The highest BCUT2D eigenvalue weighted by Crippen LogP contribution is 2.15. The first-order valence-electron chi connectivity index (χ1n) is 6.47. The molecular formula is C15H22O4. The molecule has 19 heavy (non-hydrogen) atoms. The molecule has 1 aromatic carbocycles. The third-order valence-corrected chi connectivity index (χ3v) is 2.43. The summed E-state index contributed by atoms with van der Waals surface area (Å²) >= 11 is 0. The summed E-state index contributed by atoms with van der Waals surface area (Å²) in [4.78, 5) is 21.3. The molecule has 0 aliphatic rings. The van der Waals surface area contributed by atoms with Gasteiger partial charge in [-0.3, -0.25) is 4.79 Å². The van der Waals surface area contributed by atoms with E-state index in [4.69, 9.17) is 14.9 Å². The van der Waals surface area contributed by atoms with Crippen LogP contribution in [0.15, 0.2) is 30.3 Å². The number of aryl methyl sites for hydroxylation is 1. The van der Waals surface area contributed by atoms with Crippen LogP contribution in [0.4, 0.5) is 0 Å². The number of carbonyl (C=O) groups is 1. The zero-order chi connectivity index (χ0) is 14.3. The lowest BCUT2D eigenvalue weighted by atomic mass is 10.1. The van der Waals surface area contributed by atoms with Crippen LogP contribution in [-0.4, -0.2) is 22.8 Å². The van der Waals surface area contributed by atoms with Crippen molar-refractivity contribution < 1.29 is 19.7 Å². The summed E-state index contributed by atoms with van der Waals surface area (Å²) < 4.78 is 0. The van der Waals surface area contributed by atoms with E-state index in [9.17, 15) is 4.79 Å². The summed E-state index contributed by atoms with van der Waals surface area (Å²) in [6.45, 7) is 5.59. The Morgan fingerprint density at radius 2 is 1.89 bits per heavy atom. The number of carboxylic acid groups (broad SMARTS) is 1. The Hall–Kier alpha value is -1.39. The standard InChI is InChI=1S/C15H22O4/c1-15(2,3)19-18-13(11-14(16)17)10-9-12-7-5-4-6-8-12/h4-8,13H,9-11H2,1-3H3,(H,16,17)/t13-/m1/s1. The van der Waals surface area contributed by atoms with E-state index in [1.165, 1.54) is 0 Å². The summed E-state index contributed by atoms with van der Waals surface area (Å²) in [5, 5.41) is 8.87. The Balaban J connectivity index is 2.47. The molecule has 0 amide bonds. The molecule has 1 N–H and O–H groups in total. The van der Waals surface area contributed by atoms with E-state index in [1.807, 2.05) is 51.1 Å². The van der Waals surface area contributed by atoms with E-state index < -0.39 is 17.7 Å². The number of hydrogen-bond donors (Lipinski definition) is 1. The van der Waals surface area contributed by atoms with Crippen molar-refractivity contribution >= 4 is 5.97 Å². The third kappa shape index (κ3) is 7.59. The molecule has 0 aromatic heterocycles. The van der Waals surface area contributed by atoms with E-state index in [0.717, 1.165) is 12.0 Å². The summed E-state index contributed by atoms with van der Waals surface area (Å²) in [5.41, 5.74) is 0.723. The monoisotopic (exact) mass is 266 g/mol. The van der Waals surface area contributed by atoms with Gasteiger partial charge in [0.25, 0.3) is 0 Å². The van der Waals surface area contributed by atoms with Gasteiger partial charge < -0.3 is 5.11 Å². The Labute approximate surface area is 114 Å². The molecule has 0 bridgehead atoms. The van der Waals surface area contributed by atoms with Gasteiger partial charge in [0.05, 0.1) is 12.0 Å². The first kappa shape index (κ1) is 15.7. The molecule has 4 heteroatoms. The number of rotatable bonds is 7. The van der Waals surface area contributed by atoms with E-state index in [1.54, 1.807) is 0 Å². The van der Waals surface area contributed by atoms with Gasteiger partial charge in [0, 0.05) is 0 Å². The van der Waals surface area contributed by atoms with E-state index in [0.29, 0.717) is 6.42 Å². The maximum Gasteiger partial charge on any atom is 0.306 e. The topological polar surface area (TPSA) is 55.8 Å². The van der Waals surface area contributed by atoms with Crippen LogP contribution in [0.2, 0.25) is 0 Å². The minimum Gasteiger partial charge on any atom is -0.481 e. The zero-order valence-electron chi connectivity index (χ0n) is 11.8. The Morgan fingerprint density at radius 3 is 2.42 bits per heavy atom. The van der Waals surface area contributed by atoms with Gasteiger partial charge in [-0.2, -0.15) is 0 Å². The SMILES string of the molecule is CC(C)(C)OO[C@H](CCc1ccccc1)CC(=O)O. The average molecular weight is 266 g/mol. The van der Waals surface area contributed by atoms with Gasteiger partial charge in [-0.1, -0.05) is 30.3 Å². The molecule has 1 rings (SSSR count). The van der Waals surface area contributed by atoms with Gasteiger partial charge in [-0.25, -0.2) is 9.78 Å². The Bertz CT molecular complexity index is 381. The van der Waals surface area contributed by atoms with Gasteiger partial charge in [-0.05, 0) is 39.2 Å². The highest BCUT2D eigenvalue weighted by molar-refractivity contribution is 5.67. The van der Waals surface area contributed by atoms with Crippen molar-refractivity contribution in [1.82, 2.24) is 0 Å². The average Bonchev–Trinajstić information content (AvgIpc) is 2.32. The third-order valence-electron chi connectivity index (χ3n) is 2.43. The highest BCUT2D eigenvalue weighted by atomic mass is 17.2. The van der Waals surface area contributed by atoms with Gasteiger partial charge in [0.2, 0.25) is 0 Å². The maximum atomic E-state index is 10.8. The second-order valence-corrected chi connectivity index (χ2v) is 5.54. The van der Waals surface area contributed by atoms with E-state index in [-0.39, 0.29) is 6.42 Å². The van der Waals surface area contributed by atoms with Crippen LogP contribution >= 0.6 is 0 Å². The Morgan fingerprint density at radius 1 is 1.26 bits per heavy atom. The second-order valence-electron chi connectivity index (χ2n) is 5.54. The molecule has 0 spiro atoms. The van der Waals surface area contributed by atoms with Crippen molar-refractivity contribution in [2.45, 2.75) is 51.7 Å². The van der Waals surface area contributed by atoms with Crippen LogP contribution < -0.4 is 0 Å². The number of aliphatic carboxylic acids is 1. The van der Waals surface area contributed by atoms with Gasteiger partial charge in [-0.15, -0.1) is 0 Å². The minimum absolute atomic E-state index is 0.0527. The highest BCUT2D eigenvalue weighted by Gasteiger charge is 2.19. The van der Waals surface area contributed by atoms with E-state index >= 15 is 0 Å². The molecule has 4 nitrogen and oxygen atoms in total. The van der Waals surface area contributed by atoms with Crippen molar-refractivity contribution in [3.05, 3.63) is 35.9 Å². The smallest absolute Gasteiger partial charge is 0.306 e. The van der Waals surface area contributed by atoms with Crippen LogP contribution in [-0.2, 0) is 21.0 Å². The molecule has 1 atom stereocenters. The first-order valence-corrected chi connectivity index (χ1v) is 6.47. The molecule has 0 radical (unpaired) electrons. The summed E-state index contributed by atoms with van der Waals surface area (Å²) in [6, 6.07) is 9.92. The van der Waals surface area contributed by atoms with E-state index in [2.05, 4.69) is 0 Å². The van der Waals surface area contributed by atoms with Gasteiger partial charge in [0.15, 0.2) is 0 Å². The quantitative estimate of drug-likeness (QED) is 0.608. The lowest BCUT2D eigenvalue weighted by molar-refractivity contribution is -0.373. The maximum absolute atomic E-state index is 10.8. The number of benzene rings is 1. The summed E-state index contributed by atoms with van der Waals surface area (Å²) in [5.74, 6) is -0.879. The van der Waals surface area contributed by atoms with Crippen LogP contribution in [0.3, 0.4) is 0 Å². The summed E-state index contributed by atoms with van der Waals surface area (Å²) in [6.07, 6.45) is 0.902. The first-order chi connectivity index (χ1) is 8.87. The number of carboxylic acids is 1. The molecule has 0 heterocycles. The van der Waals surface area contributed by atoms with Crippen molar-refractivity contribution in [3.63, 3.8) is 0 Å². The lowest BCUT2D eigenvalue weighted by Crippen LogP contribution is -2.26. The lowest BCUT2D eigenvalue weighted by Gasteiger charge is -2.22. The molecule has 0 fully saturated rings. The molecule has 106 valence electrons. The molecule has 0 unspecified atom stereocenters. The number of hydrogen-bond acceptors (Lipinski definition) is 3. The predicted octanol–water partition coefficient (Wildman–Crippen LogP) is 3.21. The fraction of sp³-hybridized carbons (Fsp3) is 0.533. The van der Waals surface area contributed by atoms with Crippen LogP contribution in [0, 0.1) is 0 Å². The molecule has 0 aliphatic heterocycles. The largest absolute Gasteiger partial charge is 0.481 e. The molecule has 0 aliphatic carbocycles. The van der Waals surface area contributed by atoms with Crippen LogP contribution in [0.1, 0.15) is 39.2 Å².